The van der Waals surface area contributed by atoms with Crippen LogP contribution in [0.2, 0.25) is 0 Å². The first kappa shape index (κ1) is 23.1. The maximum Gasteiger partial charge on any atom is 0.416 e. The van der Waals surface area contributed by atoms with Gasteiger partial charge in [-0.3, -0.25) is 9.69 Å². The van der Waals surface area contributed by atoms with Crippen LogP contribution in [0.15, 0.2) is 54.1 Å². The molecule has 0 bridgehead atoms. The first-order valence-electron chi connectivity index (χ1n) is 12.4. The van der Waals surface area contributed by atoms with E-state index in [2.05, 4.69) is 17.0 Å². The lowest BCUT2D eigenvalue weighted by Crippen LogP contribution is -2.44. The number of nitriles is 1. The van der Waals surface area contributed by atoms with E-state index in [1.54, 1.807) is 4.90 Å². The number of piperidine rings is 1. The molecule has 2 atom stereocenters. The van der Waals surface area contributed by atoms with E-state index in [0.29, 0.717) is 28.8 Å². The summed E-state index contributed by atoms with van der Waals surface area (Å²) >= 11 is 0. The van der Waals surface area contributed by atoms with Gasteiger partial charge in [0.25, 0.3) is 0 Å². The van der Waals surface area contributed by atoms with Crippen LogP contribution in [0.25, 0.3) is 0 Å². The molecule has 2 heterocycles. The van der Waals surface area contributed by atoms with Crippen LogP contribution in [0.5, 0.6) is 5.75 Å². The molecule has 1 amide bonds. The van der Waals surface area contributed by atoms with E-state index in [1.165, 1.54) is 11.6 Å². The summed E-state index contributed by atoms with van der Waals surface area (Å²) in [6.07, 6.45) is 1.22. The second-order valence-electron chi connectivity index (χ2n) is 10.3. The van der Waals surface area contributed by atoms with Crippen molar-refractivity contribution in [1.82, 2.24) is 9.80 Å². The van der Waals surface area contributed by atoms with Crippen molar-refractivity contribution in [2.24, 2.45) is 5.41 Å². The molecule has 2 aliphatic carbocycles. The van der Waals surface area contributed by atoms with E-state index in [-0.39, 0.29) is 19.2 Å². The molecule has 2 aromatic rings. The zero-order valence-corrected chi connectivity index (χ0v) is 19.7. The van der Waals surface area contributed by atoms with Crippen molar-refractivity contribution in [2.75, 3.05) is 19.8 Å². The molecule has 2 aliphatic heterocycles. The number of likely N-dealkylation sites (tertiary alicyclic amines) is 1. The SMILES string of the molecule is N#Cc1cccc(C2CCN([C@@H]3CC4=C[C@@]4(C(=O)N4COc5ccc(C(F)(F)F)cc5C4)C3)CC2)c1. The van der Waals surface area contributed by atoms with Crippen LogP contribution in [-0.2, 0) is 17.5 Å². The van der Waals surface area contributed by atoms with E-state index >= 15 is 0 Å². The smallest absolute Gasteiger partial charge is 0.416 e. The van der Waals surface area contributed by atoms with E-state index in [1.807, 2.05) is 24.3 Å². The number of nitrogens with zero attached hydrogens (tertiary/aromatic N) is 3. The van der Waals surface area contributed by atoms with Gasteiger partial charge in [-0.1, -0.05) is 23.8 Å². The molecule has 2 fully saturated rings. The molecule has 5 nitrogen and oxygen atoms in total. The van der Waals surface area contributed by atoms with Gasteiger partial charge >= 0.3 is 6.18 Å². The number of amides is 1. The number of carbonyl (C=O) groups excluding carboxylic acids is 1. The van der Waals surface area contributed by atoms with E-state index in [9.17, 15) is 23.2 Å². The van der Waals surface area contributed by atoms with Gasteiger partial charge in [-0.25, -0.2) is 0 Å². The monoisotopic (exact) mass is 493 g/mol. The highest BCUT2D eigenvalue weighted by atomic mass is 19.4. The third-order valence-electron chi connectivity index (χ3n) is 8.25. The number of alkyl halides is 3. The van der Waals surface area contributed by atoms with Crippen LogP contribution in [0, 0.1) is 16.7 Å². The molecule has 0 N–H and O–H groups in total. The highest BCUT2D eigenvalue weighted by molar-refractivity contribution is 5.94. The maximum atomic E-state index is 13.5. The third kappa shape index (κ3) is 3.96. The van der Waals surface area contributed by atoms with Crippen molar-refractivity contribution in [3.63, 3.8) is 0 Å². The Kier molecular flexibility index (Phi) is 5.38. The molecule has 4 aliphatic rings. The fraction of sp³-hybridized carbons (Fsp3) is 0.429. The molecule has 1 saturated heterocycles. The Morgan fingerprint density at radius 1 is 1.14 bits per heavy atom. The number of fused-ring (bicyclic) bond motifs is 2. The second-order valence-corrected chi connectivity index (χ2v) is 10.3. The molecular weight excluding hydrogens is 467 g/mol. The van der Waals surface area contributed by atoms with Crippen molar-refractivity contribution in [1.29, 1.82) is 5.26 Å². The fourth-order valence-corrected chi connectivity index (χ4v) is 6.23. The van der Waals surface area contributed by atoms with Gasteiger partial charge in [0, 0.05) is 11.6 Å². The van der Waals surface area contributed by atoms with Crippen LogP contribution < -0.4 is 4.74 Å². The first-order chi connectivity index (χ1) is 17.3. The Morgan fingerprint density at radius 3 is 2.69 bits per heavy atom. The minimum atomic E-state index is -4.43. The van der Waals surface area contributed by atoms with Crippen LogP contribution in [0.1, 0.15) is 53.9 Å². The first-order valence-corrected chi connectivity index (χ1v) is 12.4. The summed E-state index contributed by atoms with van der Waals surface area (Å²) in [5, 5.41) is 9.18. The minimum Gasteiger partial charge on any atom is -0.473 e. The van der Waals surface area contributed by atoms with Crippen molar-refractivity contribution >= 4 is 5.91 Å². The van der Waals surface area contributed by atoms with Crippen molar-refractivity contribution in [3.8, 4) is 11.8 Å². The molecular formula is C28H26F3N3O2. The Balaban J connectivity index is 1.09. The van der Waals surface area contributed by atoms with Crippen LogP contribution >= 0.6 is 0 Å². The van der Waals surface area contributed by atoms with E-state index in [4.69, 9.17) is 4.74 Å². The number of hydrogen-bond acceptors (Lipinski definition) is 4. The fourth-order valence-electron chi connectivity index (χ4n) is 6.23. The van der Waals surface area contributed by atoms with Crippen molar-refractivity contribution < 1.29 is 22.7 Å². The summed E-state index contributed by atoms with van der Waals surface area (Å²) < 4.78 is 45.1. The van der Waals surface area contributed by atoms with Gasteiger partial charge in [-0.05, 0) is 80.6 Å². The Hall–Kier alpha value is -3.31. The lowest BCUT2D eigenvalue weighted by atomic mass is 9.87. The highest BCUT2D eigenvalue weighted by Gasteiger charge is 2.59. The molecule has 6 rings (SSSR count). The minimum absolute atomic E-state index is 0.0535. The maximum absolute atomic E-state index is 13.5. The molecule has 0 unspecified atom stereocenters. The number of carbonyl (C=O) groups is 1. The third-order valence-corrected chi connectivity index (χ3v) is 8.25. The summed E-state index contributed by atoms with van der Waals surface area (Å²) in [5.41, 5.74) is 2.13. The largest absolute Gasteiger partial charge is 0.473 e. The zero-order chi connectivity index (χ0) is 25.1. The molecule has 1 saturated carbocycles. The lowest BCUT2D eigenvalue weighted by molar-refractivity contribution is -0.141. The van der Waals surface area contributed by atoms with Crippen LogP contribution in [0.3, 0.4) is 0 Å². The zero-order valence-electron chi connectivity index (χ0n) is 19.7. The van der Waals surface area contributed by atoms with Gasteiger partial charge in [0.05, 0.1) is 29.2 Å². The normalized spacial score (nSPS) is 25.9. The summed E-state index contributed by atoms with van der Waals surface area (Å²) in [6.45, 7) is 2.07. The van der Waals surface area contributed by atoms with Gasteiger partial charge in [-0.15, -0.1) is 0 Å². The average molecular weight is 494 g/mol. The van der Waals surface area contributed by atoms with Gasteiger partial charge in [-0.2, -0.15) is 18.4 Å². The van der Waals surface area contributed by atoms with E-state index in [0.717, 1.165) is 56.5 Å². The molecule has 8 heteroatoms. The predicted molar refractivity (Wildman–Crippen MR) is 126 cm³/mol. The number of hydrogen-bond donors (Lipinski definition) is 0. The standard InChI is InChI=1S/C28H26F3N3O2/c29-28(30,31)22-4-5-25-21(11-22)16-34(17-36-25)26(35)27-13-23(27)12-24(14-27)33-8-6-19(7-9-33)20-3-1-2-18(10-20)15-32/h1-5,10-11,13,19,24H,6-9,12,14,16-17H2/t24-,27-/m1/s1. The summed E-state index contributed by atoms with van der Waals surface area (Å²) in [4.78, 5) is 17.5. The van der Waals surface area contributed by atoms with E-state index < -0.39 is 17.2 Å². The number of rotatable bonds is 3. The average Bonchev–Trinajstić information content (AvgIpc) is 3.47. The second kappa shape index (κ2) is 8.38. The molecule has 0 aromatic heterocycles. The van der Waals surface area contributed by atoms with Gasteiger partial charge in [0.1, 0.15) is 5.75 Å². The van der Waals surface area contributed by atoms with Crippen LogP contribution in [0.4, 0.5) is 13.2 Å². The van der Waals surface area contributed by atoms with Crippen molar-refractivity contribution in [3.05, 3.63) is 76.4 Å². The summed E-state index contributed by atoms with van der Waals surface area (Å²) in [6, 6.07) is 13.8. The number of ether oxygens (including phenoxy) is 1. The topological polar surface area (TPSA) is 56.6 Å². The summed E-state index contributed by atoms with van der Waals surface area (Å²) in [7, 11) is 0. The van der Waals surface area contributed by atoms with Crippen LogP contribution in [-0.4, -0.2) is 41.6 Å². The molecule has 36 heavy (non-hydrogen) atoms. The quantitative estimate of drug-likeness (QED) is 0.550. The molecule has 0 spiro atoms. The number of benzene rings is 2. The van der Waals surface area contributed by atoms with Gasteiger partial charge in [0.15, 0.2) is 6.73 Å². The molecule has 186 valence electrons. The van der Waals surface area contributed by atoms with Gasteiger partial charge in [0.2, 0.25) is 5.91 Å². The molecule has 0 radical (unpaired) electrons. The molecule has 2 aromatic carbocycles. The van der Waals surface area contributed by atoms with Crippen molar-refractivity contribution in [2.45, 2.75) is 50.4 Å². The lowest BCUT2D eigenvalue weighted by Gasteiger charge is -2.37. The van der Waals surface area contributed by atoms with Gasteiger partial charge < -0.3 is 9.64 Å². The predicted octanol–water partition coefficient (Wildman–Crippen LogP) is 5.22. The highest BCUT2D eigenvalue weighted by Crippen LogP contribution is 2.59. The Morgan fingerprint density at radius 2 is 1.94 bits per heavy atom. The number of halogens is 3. The Bertz CT molecular complexity index is 1290. The summed E-state index contributed by atoms with van der Waals surface area (Å²) in [5.74, 6) is 0.778. The Labute approximate surface area is 207 Å².